The molecule has 1 fully saturated rings. The number of carbonyl (C=O) groups excluding carboxylic acids is 3. The highest BCUT2D eigenvalue weighted by atomic mass is 19.4. The third kappa shape index (κ3) is 7.85. The molecule has 0 aromatic heterocycles. The van der Waals surface area contributed by atoms with Crippen molar-refractivity contribution in [2.45, 2.75) is 68.8 Å². The van der Waals surface area contributed by atoms with Crippen LogP contribution in [-0.2, 0) is 43.7 Å². The number of nitrogens with zero attached hydrogens (tertiary/aromatic N) is 1. The standard InChI is InChI=1S/C30H39BF3N5O5/c32-30(33,34)21-5-2-19(3-6-21)17-25(38-28(42)24(37)8-9-27(41)39(14-12-35)15-13-36)26(40)18-20-4-7-22-23(16-20)31(43)44-29(22)10-1-11-29/h2-7,16,24-25,43H,1,8-15,17-18,35-37H2,(H,38,42)/t24-,25+/m0/s1. The van der Waals surface area contributed by atoms with Gasteiger partial charge in [0.1, 0.15) is 0 Å². The van der Waals surface area contributed by atoms with E-state index in [-0.39, 0.29) is 44.7 Å². The maximum Gasteiger partial charge on any atom is 0.492 e. The van der Waals surface area contributed by atoms with E-state index in [4.69, 9.17) is 21.9 Å². The van der Waals surface area contributed by atoms with E-state index in [1.807, 2.05) is 6.07 Å². The summed E-state index contributed by atoms with van der Waals surface area (Å²) in [6.07, 6.45) is -2.13. The van der Waals surface area contributed by atoms with Gasteiger partial charge in [0.15, 0.2) is 5.78 Å². The molecule has 14 heteroatoms. The normalized spacial score (nSPS) is 16.7. The summed E-state index contributed by atoms with van der Waals surface area (Å²) in [6.45, 7) is 1.13. The van der Waals surface area contributed by atoms with Crippen LogP contribution in [-0.4, -0.2) is 72.9 Å². The lowest BCUT2D eigenvalue weighted by molar-refractivity contribution is -0.137. The quantitative estimate of drug-likeness (QED) is 0.191. The van der Waals surface area contributed by atoms with Crippen molar-refractivity contribution in [3.63, 3.8) is 0 Å². The first kappa shape index (κ1) is 33.6. The van der Waals surface area contributed by atoms with Crippen LogP contribution in [0.3, 0.4) is 0 Å². The number of benzene rings is 2. The van der Waals surface area contributed by atoms with E-state index in [1.165, 1.54) is 17.0 Å². The van der Waals surface area contributed by atoms with Gasteiger partial charge in [-0.15, -0.1) is 0 Å². The van der Waals surface area contributed by atoms with E-state index in [9.17, 15) is 32.6 Å². The number of fused-ring (bicyclic) bond motifs is 2. The molecule has 1 saturated carbocycles. The van der Waals surface area contributed by atoms with Crippen molar-refractivity contribution in [3.8, 4) is 0 Å². The highest BCUT2D eigenvalue weighted by molar-refractivity contribution is 6.62. The Kier molecular flexibility index (Phi) is 10.8. The van der Waals surface area contributed by atoms with Gasteiger partial charge in [-0.05, 0) is 66.4 Å². The number of hydrogen-bond donors (Lipinski definition) is 5. The third-order valence-corrected chi connectivity index (χ3v) is 8.33. The van der Waals surface area contributed by atoms with Crippen molar-refractivity contribution in [1.82, 2.24) is 10.2 Å². The molecule has 0 bridgehead atoms. The Morgan fingerprint density at radius 2 is 1.68 bits per heavy atom. The molecular formula is C30H39BF3N5O5. The Morgan fingerprint density at radius 1 is 1.05 bits per heavy atom. The van der Waals surface area contributed by atoms with Gasteiger partial charge >= 0.3 is 13.3 Å². The van der Waals surface area contributed by atoms with E-state index in [0.29, 0.717) is 29.7 Å². The van der Waals surface area contributed by atoms with Crippen LogP contribution in [0.25, 0.3) is 0 Å². The van der Waals surface area contributed by atoms with E-state index >= 15 is 0 Å². The molecule has 0 saturated heterocycles. The van der Waals surface area contributed by atoms with E-state index in [0.717, 1.165) is 37.0 Å². The van der Waals surface area contributed by atoms with Crippen LogP contribution in [0.2, 0.25) is 0 Å². The molecule has 1 aliphatic carbocycles. The molecule has 0 unspecified atom stereocenters. The van der Waals surface area contributed by atoms with Gasteiger partial charge < -0.3 is 37.1 Å². The molecular weight excluding hydrogens is 578 g/mol. The number of rotatable bonds is 14. The molecule has 1 heterocycles. The maximum absolute atomic E-state index is 13.6. The molecule has 2 aromatic carbocycles. The summed E-state index contributed by atoms with van der Waals surface area (Å²) in [4.78, 5) is 40.7. The molecule has 238 valence electrons. The van der Waals surface area contributed by atoms with Crippen LogP contribution in [0.15, 0.2) is 42.5 Å². The number of amides is 2. The number of carbonyl (C=O) groups is 3. The number of ketones is 1. The first-order valence-electron chi connectivity index (χ1n) is 14.8. The predicted octanol–water partition coefficient (Wildman–Crippen LogP) is 0.495. The highest BCUT2D eigenvalue weighted by Crippen LogP contribution is 2.47. The fourth-order valence-corrected chi connectivity index (χ4v) is 5.72. The monoisotopic (exact) mass is 617 g/mol. The number of nitrogens with one attached hydrogen (secondary N) is 1. The molecule has 4 rings (SSSR count). The van der Waals surface area contributed by atoms with Gasteiger partial charge in [0.05, 0.1) is 23.2 Å². The number of nitrogens with two attached hydrogens (primary N) is 3. The van der Waals surface area contributed by atoms with Crippen molar-refractivity contribution < 1.29 is 37.2 Å². The minimum absolute atomic E-state index is 0.00194. The molecule has 10 nitrogen and oxygen atoms in total. The van der Waals surface area contributed by atoms with Crippen LogP contribution in [0.5, 0.6) is 0 Å². The molecule has 2 aromatic rings. The Labute approximate surface area is 254 Å². The largest absolute Gasteiger partial charge is 0.492 e. The fraction of sp³-hybridized carbons (Fsp3) is 0.500. The van der Waals surface area contributed by atoms with Gasteiger partial charge in [-0.25, -0.2) is 0 Å². The average molecular weight is 617 g/mol. The Balaban J connectivity index is 1.47. The Morgan fingerprint density at radius 3 is 2.25 bits per heavy atom. The average Bonchev–Trinajstić information content (AvgIpc) is 3.27. The minimum Gasteiger partial charge on any atom is -0.423 e. The zero-order valence-corrected chi connectivity index (χ0v) is 24.4. The smallest absolute Gasteiger partial charge is 0.423 e. The second-order valence-electron chi connectivity index (χ2n) is 11.4. The molecule has 8 N–H and O–H groups in total. The van der Waals surface area contributed by atoms with Gasteiger partial charge in [0, 0.05) is 39.0 Å². The molecule has 2 aliphatic rings. The van der Waals surface area contributed by atoms with Crippen molar-refractivity contribution in [2.24, 2.45) is 17.2 Å². The number of hydrogen-bond acceptors (Lipinski definition) is 8. The van der Waals surface area contributed by atoms with Gasteiger partial charge in [-0.1, -0.05) is 30.3 Å². The molecule has 1 spiro atoms. The first-order chi connectivity index (χ1) is 20.9. The van der Waals surface area contributed by atoms with Crippen molar-refractivity contribution in [2.75, 3.05) is 26.2 Å². The zero-order valence-electron chi connectivity index (χ0n) is 24.4. The summed E-state index contributed by atoms with van der Waals surface area (Å²) in [7, 11) is -1.10. The van der Waals surface area contributed by atoms with Crippen LogP contribution in [0.1, 0.15) is 54.4 Å². The lowest BCUT2D eigenvalue weighted by Crippen LogP contribution is -2.50. The lowest BCUT2D eigenvalue weighted by Gasteiger charge is -2.39. The summed E-state index contributed by atoms with van der Waals surface area (Å²) < 4.78 is 45.1. The second kappa shape index (κ2) is 14.2. The van der Waals surface area contributed by atoms with E-state index in [2.05, 4.69) is 5.32 Å². The fourth-order valence-electron chi connectivity index (χ4n) is 5.72. The van der Waals surface area contributed by atoms with Crippen molar-refractivity contribution in [3.05, 3.63) is 64.7 Å². The molecule has 0 radical (unpaired) electrons. The van der Waals surface area contributed by atoms with Crippen LogP contribution < -0.4 is 28.0 Å². The molecule has 1 aliphatic heterocycles. The van der Waals surface area contributed by atoms with Crippen molar-refractivity contribution in [1.29, 1.82) is 0 Å². The number of halogens is 3. The predicted molar refractivity (Wildman–Crippen MR) is 158 cm³/mol. The lowest BCUT2D eigenvalue weighted by atomic mass is 9.71. The highest BCUT2D eigenvalue weighted by Gasteiger charge is 2.50. The Bertz CT molecular complexity index is 1330. The van der Waals surface area contributed by atoms with E-state index < -0.39 is 48.2 Å². The molecule has 2 amide bonds. The van der Waals surface area contributed by atoms with Gasteiger partial charge in [0.25, 0.3) is 0 Å². The zero-order chi connectivity index (χ0) is 32.1. The SMILES string of the molecule is NCCN(CCN)C(=O)CC[C@H](N)C(=O)N[C@H](Cc1ccc(C(F)(F)F)cc1)C(=O)Cc1ccc2c(c1)B(O)OC21CCC1. The van der Waals surface area contributed by atoms with Gasteiger partial charge in [-0.3, -0.25) is 14.4 Å². The number of Topliss-reactive ketones (excluding diaryl/α,β-unsaturated/α-hetero) is 1. The topological polar surface area (TPSA) is 174 Å². The number of alkyl halides is 3. The molecule has 44 heavy (non-hydrogen) atoms. The molecule has 2 atom stereocenters. The van der Waals surface area contributed by atoms with Crippen LogP contribution in [0.4, 0.5) is 13.2 Å². The van der Waals surface area contributed by atoms with Crippen molar-refractivity contribution >= 4 is 30.2 Å². The first-order valence-corrected chi connectivity index (χ1v) is 14.8. The summed E-state index contributed by atoms with van der Waals surface area (Å²) in [5.41, 5.74) is 18.4. The van der Waals surface area contributed by atoms with Crippen LogP contribution >= 0.6 is 0 Å². The minimum atomic E-state index is -4.52. The van der Waals surface area contributed by atoms with E-state index in [1.54, 1.807) is 12.1 Å². The third-order valence-electron chi connectivity index (χ3n) is 8.33. The Hall–Kier alpha value is -3.30. The summed E-state index contributed by atoms with van der Waals surface area (Å²) in [5, 5.41) is 13.1. The van der Waals surface area contributed by atoms with Gasteiger partial charge in [-0.2, -0.15) is 13.2 Å². The summed E-state index contributed by atoms with van der Waals surface area (Å²) in [6, 6.07) is 7.48. The van der Waals surface area contributed by atoms with Crippen LogP contribution in [0, 0.1) is 0 Å². The summed E-state index contributed by atoms with van der Waals surface area (Å²) in [5.74, 6) is -1.32. The maximum atomic E-state index is 13.6. The second-order valence-corrected chi connectivity index (χ2v) is 11.4. The summed E-state index contributed by atoms with van der Waals surface area (Å²) >= 11 is 0. The van der Waals surface area contributed by atoms with Gasteiger partial charge in [0.2, 0.25) is 11.8 Å².